The number of esters is 1. The first kappa shape index (κ1) is 39.9. The number of hydrogen-bond acceptors (Lipinski definition) is 10. The third-order valence-electron chi connectivity index (χ3n) is 19.8. The number of ether oxygens (including phenoxy) is 1. The van der Waals surface area contributed by atoms with Gasteiger partial charge in [0, 0.05) is 53.2 Å². The zero-order chi connectivity index (χ0) is 41.4. The van der Waals surface area contributed by atoms with Gasteiger partial charge in [0.05, 0.1) is 30.0 Å². The van der Waals surface area contributed by atoms with Gasteiger partial charge in [0.1, 0.15) is 23.6 Å². The van der Waals surface area contributed by atoms with Crippen molar-refractivity contribution >= 4 is 12.3 Å². The average molecular weight is 822 g/mol. The molecule has 1 aliphatic heterocycles. The highest BCUT2D eigenvalue weighted by molar-refractivity contribution is 5.86. The molecule has 0 unspecified atom stereocenters. The van der Waals surface area contributed by atoms with Crippen LogP contribution in [0, 0.1) is 81.8 Å². The molecule has 322 valence electrons. The molecular weight excluding hydrogens is 759 g/mol. The Morgan fingerprint density at radius 1 is 0.900 bits per heavy atom. The Morgan fingerprint density at radius 2 is 1.72 bits per heavy atom. The molecule has 18 atom stereocenters. The van der Waals surface area contributed by atoms with Gasteiger partial charge in [-0.1, -0.05) is 67.9 Å². The van der Waals surface area contributed by atoms with Crippen LogP contribution in [0.2, 0.25) is 0 Å². The average Bonchev–Trinajstić information content (AvgIpc) is 3.95. The van der Waals surface area contributed by atoms with Crippen molar-refractivity contribution in [3.63, 3.8) is 0 Å². The molecule has 0 aromatic heterocycles. The summed E-state index contributed by atoms with van der Waals surface area (Å²) in [5, 5.41) is 81.0. The van der Waals surface area contributed by atoms with E-state index in [9.17, 15) is 40.2 Å². The van der Waals surface area contributed by atoms with Crippen molar-refractivity contribution < 1.29 is 45.0 Å². The Balaban J connectivity index is 1.08. The molecule has 7 fully saturated rings. The van der Waals surface area contributed by atoms with Crippen LogP contribution in [-0.4, -0.2) is 90.8 Å². The van der Waals surface area contributed by atoms with E-state index in [0.717, 1.165) is 42.2 Å². The van der Waals surface area contributed by atoms with Crippen molar-refractivity contribution in [2.24, 2.45) is 70.0 Å². The monoisotopic (exact) mass is 821 g/mol. The fourth-order valence-electron chi connectivity index (χ4n) is 17.6. The van der Waals surface area contributed by atoms with Crippen LogP contribution >= 0.6 is 0 Å². The van der Waals surface area contributed by atoms with Crippen molar-refractivity contribution in [3.05, 3.63) is 59.2 Å². The van der Waals surface area contributed by atoms with Crippen molar-refractivity contribution in [1.82, 2.24) is 5.32 Å². The van der Waals surface area contributed by atoms with Crippen molar-refractivity contribution in [2.75, 3.05) is 6.73 Å². The normalized spacial score (nSPS) is 51.3. The number of hydrogen-bond donors (Lipinski definition) is 7. The quantitative estimate of drug-likeness (QED) is 0.0770. The first-order valence-electron chi connectivity index (χ1n) is 23.4. The van der Waals surface area contributed by atoms with Crippen LogP contribution in [-0.2, 0) is 20.7 Å². The predicted molar refractivity (Wildman–Crippen MR) is 220 cm³/mol. The lowest BCUT2D eigenvalue weighted by Crippen LogP contribution is -2.85. The summed E-state index contributed by atoms with van der Waals surface area (Å²) in [7, 11) is 0. The van der Waals surface area contributed by atoms with Gasteiger partial charge in [0.15, 0.2) is 0 Å². The van der Waals surface area contributed by atoms with Crippen LogP contribution in [0.15, 0.2) is 48.1 Å². The summed E-state index contributed by atoms with van der Waals surface area (Å²) < 4.78 is 6.20. The minimum atomic E-state index is -2.20. The standard InChI is InChI=1S/C50H63NO9/c52-26-47-18-15-40(54)37-21-31-13-7-14-33(29-10-2-3-11-29)34(31)23-38(49(37,47)58)45(56)50(59)41(47)16-19-46-17-6-5-9-28-8-1-4-12-30(28)22-39(51-27-53)35-20-32(25-48(46,50)57)43(46)36-24-42(55)60-44(35)36/h1,4,7-8,12-13,24,26,29,31-35,37-41,43-45,51,53-54,56-59H,2-3,6,10-11,14-23,25,27H2/t31-,32-,33-,34+,35-,37+,38-,39+,40+,41-,43-,44-,45-,46-,47+,48-,49-,50-/m1/s1. The molecule has 10 aliphatic rings. The zero-order valence-electron chi connectivity index (χ0n) is 34.6. The molecule has 7 N–H and O–H groups in total. The van der Waals surface area contributed by atoms with E-state index in [-0.39, 0.29) is 68.0 Å². The highest BCUT2D eigenvalue weighted by Crippen LogP contribution is 2.77. The summed E-state index contributed by atoms with van der Waals surface area (Å²) in [5.74, 6) is 3.95. The number of aliphatic hydroxyl groups excluding tert-OH is 3. The fourth-order valence-corrected chi connectivity index (χ4v) is 17.6. The Labute approximate surface area is 353 Å². The third-order valence-corrected chi connectivity index (χ3v) is 19.8. The summed E-state index contributed by atoms with van der Waals surface area (Å²) in [6, 6.07) is 7.68. The van der Waals surface area contributed by atoms with E-state index in [1.165, 1.54) is 12.8 Å². The summed E-state index contributed by atoms with van der Waals surface area (Å²) in [4.78, 5) is 27.7. The second kappa shape index (κ2) is 14.1. The number of aliphatic hydroxyl groups is 6. The van der Waals surface area contributed by atoms with E-state index in [2.05, 4.69) is 35.4 Å². The maximum Gasteiger partial charge on any atom is 0.331 e. The number of benzene rings is 1. The van der Waals surface area contributed by atoms with Gasteiger partial charge in [-0.15, -0.1) is 0 Å². The van der Waals surface area contributed by atoms with E-state index < -0.39 is 69.7 Å². The molecule has 7 saturated carbocycles. The second-order valence-electron chi connectivity index (χ2n) is 21.3. The molecule has 1 aromatic rings. The van der Waals surface area contributed by atoms with Crippen LogP contribution in [0.5, 0.6) is 0 Å². The Kier molecular flexibility index (Phi) is 9.36. The lowest BCUT2D eigenvalue weighted by molar-refractivity contribution is -0.375. The molecule has 4 bridgehead atoms. The highest BCUT2D eigenvalue weighted by Gasteiger charge is 2.85. The topological polar surface area (TPSA) is 177 Å². The Bertz CT molecular complexity index is 2050. The largest absolute Gasteiger partial charge is 0.454 e. The van der Waals surface area contributed by atoms with E-state index >= 15 is 0 Å². The number of fused-ring (bicyclic) bond motifs is 8. The second-order valence-corrected chi connectivity index (χ2v) is 21.3. The predicted octanol–water partition coefficient (Wildman–Crippen LogP) is 4.12. The molecule has 0 saturated heterocycles. The van der Waals surface area contributed by atoms with Crippen LogP contribution in [0.25, 0.3) is 0 Å². The molecule has 9 aliphatic carbocycles. The lowest BCUT2D eigenvalue weighted by atomic mass is 9.35. The lowest BCUT2D eigenvalue weighted by Gasteiger charge is -2.73. The summed E-state index contributed by atoms with van der Waals surface area (Å²) >= 11 is 0. The molecule has 1 spiro atoms. The smallest absolute Gasteiger partial charge is 0.331 e. The fraction of sp³-hybridized carbons (Fsp3) is 0.720. The zero-order valence-corrected chi connectivity index (χ0v) is 34.6. The molecule has 1 heterocycles. The first-order valence-corrected chi connectivity index (χ1v) is 23.4. The first-order chi connectivity index (χ1) is 29.0. The van der Waals surface area contributed by atoms with Gasteiger partial charge >= 0.3 is 5.97 Å². The van der Waals surface area contributed by atoms with E-state index in [1.54, 1.807) is 6.08 Å². The molecule has 0 amide bonds. The molecule has 10 nitrogen and oxygen atoms in total. The number of carbonyl (C=O) groups excluding carboxylic acids is 2. The van der Waals surface area contributed by atoms with Crippen LogP contribution < -0.4 is 5.32 Å². The molecular formula is C50H63NO9. The van der Waals surface area contributed by atoms with Crippen molar-refractivity contribution in [3.8, 4) is 11.8 Å². The number of allylic oxidation sites excluding steroid dienone is 2. The van der Waals surface area contributed by atoms with Gasteiger partial charge in [-0.3, -0.25) is 5.32 Å². The molecule has 60 heavy (non-hydrogen) atoms. The van der Waals surface area contributed by atoms with E-state index in [0.29, 0.717) is 56.8 Å². The molecule has 1 aromatic carbocycles. The Hall–Kier alpha value is -2.88. The van der Waals surface area contributed by atoms with Crippen molar-refractivity contribution in [2.45, 2.75) is 144 Å². The van der Waals surface area contributed by atoms with Gasteiger partial charge in [0.25, 0.3) is 0 Å². The van der Waals surface area contributed by atoms with E-state index in [1.807, 2.05) is 18.2 Å². The van der Waals surface area contributed by atoms with Gasteiger partial charge < -0.3 is 40.2 Å². The summed E-state index contributed by atoms with van der Waals surface area (Å²) in [6.07, 6.45) is 13.6. The number of rotatable bonds is 4. The van der Waals surface area contributed by atoms with Crippen molar-refractivity contribution in [1.29, 1.82) is 0 Å². The third kappa shape index (κ3) is 5.03. The number of carbonyl (C=O) groups is 2. The summed E-state index contributed by atoms with van der Waals surface area (Å²) in [6.45, 7) is -0.280. The SMILES string of the molecule is O=C[C@@]12CC[C@H](O)[C@@H]3C[C@H]4C=CC[C@H](C5CCCC5)[C@H]4C[C@H]([C@@H](O)[C@]4(O)[C@@H]1CC[C@@]15CCC#Cc6ccccc6C[C@H](NCO)[C@H]6C[C@H](C[C@@]14O)[C@@H]5C1=CC(=O)O[C@@H]16)[C@]32O. The number of aldehydes is 1. The molecule has 10 heteroatoms. The van der Waals surface area contributed by atoms with Crippen LogP contribution in [0.1, 0.15) is 107 Å². The maximum atomic E-state index is 14.3. The maximum absolute atomic E-state index is 14.3. The van der Waals surface area contributed by atoms with Crippen LogP contribution in [0.3, 0.4) is 0 Å². The number of nitrogens with one attached hydrogen (secondary N) is 1. The summed E-state index contributed by atoms with van der Waals surface area (Å²) in [5.41, 5.74) is -5.77. The van der Waals surface area contributed by atoms with Crippen LogP contribution in [0.4, 0.5) is 0 Å². The molecule has 11 rings (SSSR count). The van der Waals surface area contributed by atoms with Gasteiger partial charge in [0.2, 0.25) is 0 Å². The Morgan fingerprint density at radius 3 is 2.52 bits per heavy atom. The van der Waals surface area contributed by atoms with Gasteiger partial charge in [-0.25, -0.2) is 4.79 Å². The highest BCUT2D eigenvalue weighted by atomic mass is 16.5. The van der Waals surface area contributed by atoms with E-state index in [4.69, 9.17) is 4.74 Å². The minimum absolute atomic E-state index is 0.0601. The minimum Gasteiger partial charge on any atom is -0.454 e. The molecule has 0 radical (unpaired) electrons. The van der Waals surface area contributed by atoms with Gasteiger partial charge in [-0.2, -0.15) is 0 Å². The van der Waals surface area contributed by atoms with Gasteiger partial charge in [-0.05, 0) is 123 Å².